The molecule has 8 heteroatoms. The molecule has 38 heavy (non-hydrogen) atoms. The molecule has 2 aromatic carbocycles. The summed E-state index contributed by atoms with van der Waals surface area (Å²) in [5.41, 5.74) is 3.70. The third kappa shape index (κ3) is 5.62. The average Bonchev–Trinajstić information content (AvgIpc) is 3.38. The Hall–Kier alpha value is -3.22. The SMILES string of the molecule is COc1ccc2cc3[n+](cc2c1OCCCCCC[n+]1ccccc1)CCc1cc2c(cc1-3)OCO2.[Cl-].[Cl-]. The largest absolute Gasteiger partial charge is 1.00 e. The Morgan fingerprint density at radius 3 is 2.50 bits per heavy atom. The van der Waals surface area contributed by atoms with Crippen LogP contribution in [0.5, 0.6) is 23.0 Å². The van der Waals surface area contributed by atoms with Crippen LogP contribution in [0.1, 0.15) is 31.2 Å². The number of hydrogen-bond donors (Lipinski definition) is 0. The maximum absolute atomic E-state index is 6.35. The van der Waals surface area contributed by atoms with Crippen LogP contribution < -0.4 is 52.9 Å². The number of unbranched alkanes of at least 4 members (excludes halogenated alkanes) is 3. The molecule has 0 spiro atoms. The predicted octanol–water partition coefficient (Wildman–Crippen LogP) is -0.977. The zero-order valence-corrected chi connectivity index (χ0v) is 23.0. The van der Waals surface area contributed by atoms with E-state index in [9.17, 15) is 0 Å². The highest BCUT2D eigenvalue weighted by atomic mass is 35.5. The summed E-state index contributed by atoms with van der Waals surface area (Å²) in [4.78, 5) is 0. The molecule has 0 fully saturated rings. The van der Waals surface area contributed by atoms with E-state index >= 15 is 0 Å². The van der Waals surface area contributed by atoms with Crippen molar-refractivity contribution in [3.05, 3.63) is 72.7 Å². The van der Waals surface area contributed by atoms with Gasteiger partial charge in [-0.05, 0) is 54.5 Å². The normalized spacial score (nSPS) is 12.7. The van der Waals surface area contributed by atoms with Gasteiger partial charge >= 0.3 is 0 Å². The van der Waals surface area contributed by atoms with E-state index < -0.39 is 0 Å². The van der Waals surface area contributed by atoms with Crippen LogP contribution in [-0.2, 0) is 19.5 Å². The zero-order valence-electron chi connectivity index (χ0n) is 21.5. The van der Waals surface area contributed by atoms with Gasteiger partial charge in [0.2, 0.25) is 12.5 Å². The van der Waals surface area contributed by atoms with Crippen molar-refractivity contribution in [1.82, 2.24) is 0 Å². The fourth-order valence-electron chi connectivity index (χ4n) is 5.21. The number of pyridine rings is 2. The van der Waals surface area contributed by atoms with E-state index in [1.165, 1.54) is 29.7 Å². The number of hydrogen-bond acceptors (Lipinski definition) is 4. The van der Waals surface area contributed by atoms with Crippen molar-refractivity contribution in [2.45, 2.75) is 45.2 Å². The fourth-order valence-corrected chi connectivity index (χ4v) is 5.21. The maximum atomic E-state index is 6.35. The number of rotatable bonds is 9. The second-order valence-corrected chi connectivity index (χ2v) is 9.44. The van der Waals surface area contributed by atoms with Crippen molar-refractivity contribution < 1.29 is 52.9 Å². The van der Waals surface area contributed by atoms with E-state index in [1.807, 2.05) is 6.07 Å². The Kier molecular flexibility index (Phi) is 9.18. The van der Waals surface area contributed by atoms with Crippen molar-refractivity contribution >= 4 is 10.8 Å². The number of nitrogens with zero attached hydrogens (tertiary/aromatic N) is 2. The summed E-state index contributed by atoms with van der Waals surface area (Å²) in [6.45, 7) is 2.95. The predicted molar refractivity (Wildman–Crippen MR) is 137 cm³/mol. The summed E-state index contributed by atoms with van der Waals surface area (Å²) in [6, 6.07) is 16.8. The van der Waals surface area contributed by atoms with Crippen molar-refractivity contribution in [1.29, 1.82) is 0 Å². The molecule has 0 aliphatic carbocycles. The molecule has 0 bridgehead atoms. The lowest BCUT2D eigenvalue weighted by Gasteiger charge is -2.18. The first-order valence-electron chi connectivity index (χ1n) is 12.8. The molecule has 2 aliphatic heterocycles. The summed E-state index contributed by atoms with van der Waals surface area (Å²) < 4.78 is 27.8. The van der Waals surface area contributed by atoms with Crippen LogP contribution in [0.15, 0.2) is 67.1 Å². The quantitative estimate of drug-likeness (QED) is 0.197. The highest BCUT2D eigenvalue weighted by molar-refractivity contribution is 5.91. The van der Waals surface area contributed by atoms with E-state index in [4.69, 9.17) is 18.9 Å². The van der Waals surface area contributed by atoms with Gasteiger partial charge in [0.15, 0.2) is 48.1 Å². The minimum Gasteiger partial charge on any atom is -1.00 e. The molecule has 4 heterocycles. The van der Waals surface area contributed by atoms with E-state index in [0.29, 0.717) is 13.4 Å². The van der Waals surface area contributed by atoms with Gasteiger partial charge in [0, 0.05) is 31.0 Å². The fraction of sp³-hybridized carbons (Fsp3) is 0.333. The minimum absolute atomic E-state index is 0. The molecule has 0 N–H and O–H groups in total. The molecular weight excluding hydrogens is 523 g/mol. The summed E-state index contributed by atoms with van der Waals surface area (Å²) in [7, 11) is 1.71. The van der Waals surface area contributed by atoms with Gasteiger partial charge in [0.25, 0.3) is 0 Å². The number of halogens is 2. The van der Waals surface area contributed by atoms with Crippen molar-refractivity contribution in [3.8, 4) is 34.3 Å². The Morgan fingerprint density at radius 2 is 1.68 bits per heavy atom. The first-order chi connectivity index (χ1) is 17.8. The maximum Gasteiger partial charge on any atom is 0.231 e. The van der Waals surface area contributed by atoms with Gasteiger partial charge < -0.3 is 43.8 Å². The standard InChI is InChI=1S/C30H32N2O4.2ClH/c1-33-27-10-9-22-17-26-24-19-29-28(35-21-36-29)18-23(24)11-15-32(26)20-25(22)30(27)34-16-8-3-2-5-12-31-13-6-4-7-14-31;;/h4,6-7,9-10,13-14,17-20H,2-3,5,8,11-12,15-16,21H2,1H3;2*1H/q+2;;/p-2. The third-order valence-electron chi connectivity index (χ3n) is 7.13. The van der Waals surface area contributed by atoms with E-state index in [1.54, 1.807) is 7.11 Å². The molecule has 0 saturated carbocycles. The second-order valence-electron chi connectivity index (χ2n) is 9.44. The van der Waals surface area contributed by atoms with Crippen molar-refractivity contribution in [2.75, 3.05) is 20.5 Å². The first kappa shape index (κ1) is 27.8. The molecule has 2 aliphatic rings. The number of methoxy groups -OCH3 is 1. The molecule has 0 radical (unpaired) electrons. The Labute approximate surface area is 235 Å². The first-order valence-corrected chi connectivity index (χ1v) is 12.8. The molecule has 0 saturated heterocycles. The average molecular weight is 556 g/mol. The highest BCUT2D eigenvalue weighted by Crippen LogP contribution is 2.41. The molecule has 6 nitrogen and oxygen atoms in total. The lowest BCUT2D eigenvalue weighted by Crippen LogP contribution is -3.00. The molecule has 6 rings (SSSR count). The van der Waals surface area contributed by atoms with Crippen LogP contribution in [0.4, 0.5) is 0 Å². The Bertz CT molecular complexity index is 1400. The second kappa shape index (κ2) is 12.5. The van der Waals surface area contributed by atoms with Gasteiger partial charge in [-0.25, -0.2) is 4.57 Å². The van der Waals surface area contributed by atoms with Crippen LogP contribution in [0, 0.1) is 0 Å². The van der Waals surface area contributed by atoms with E-state index in [2.05, 4.69) is 70.2 Å². The molecule has 0 unspecified atom stereocenters. The summed E-state index contributed by atoms with van der Waals surface area (Å²) in [6.07, 6.45) is 12.0. The van der Waals surface area contributed by atoms with Gasteiger partial charge in [-0.2, -0.15) is 4.57 Å². The number of aryl methyl sites for hydroxylation is 3. The molecule has 2 aromatic heterocycles. The smallest absolute Gasteiger partial charge is 0.231 e. The molecular formula is C30H32Cl2N2O4. The number of benzene rings is 2. The van der Waals surface area contributed by atoms with Gasteiger partial charge in [-0.15, -0.1) is 0 Å². The lowest BCUT2D eigenvalue weighted by atomic mass is 9.95. The molecule has 200 valence electrons. The summed E-state index contributed by atoms with van der Waals surface area (Å²) in [5, 5.41) is 2.23. The van der Waals surface area contributed by atoms with Crippen molar-refractivity contribution in [3.63, 3.8) is 0 Å². The zero-order chi connectivity index (χ0) is 24.3. The molecule has 0 atom stereocenters. The van der Waals surface area contributed by atoms with Crippen LogP contribution in [0.25, 0.3) is 22.0 Å². The monoisotopic (exact) mass is 554 g/mol. The number of aromatic nitrogens is 2. The summed E-state index contributed by atoms with van der Waals surface area (Å²) in [5.74, 6) is 3.29. The number of ether oxygens (including phenoxy) is 4. The highest BCUT2D eigenvalue weighted by Gasteiger charge is 2.28. The van der Waals surface area contributed by atoms with E-state index in [-0.39, 0.29) is 24.8 Å². The Balaban J connectivity index is 0.00000168. The molecule has 0 amide bonds. The van der Waals surface area contributed by atoms with Crippen LogP contribution >= 0.6 is 0 Å². The van der Waals surface area contributed by atoms with Crippen LogP contribution in [0.2, 0.25) is 0 Å². The van der Waals surface area contributed by atoms with Gasteiger partial charge in [0.1, 0.15) is 6.54 Å². The molecule has 4 aromatic rings. The topological polar surface area (TPSA) is 44.7 Å². The Morgan fingerprint density at radius 1 is 0.895 bits per heavy atom. The van der Waals surface area contributed by atoms with Crippen LogP contribution in [-0.4, -0.2) is 20.5 Å². The minimum atomic E-state index is 0. The van der Waals surface area contributed by atoms with Crippen LogP contribution in [0.3, 0.4) is 0 Å². The van der Waals surface area contributed by atoms with Gasteiger partial charge in [-0.3, -0.25) is 0 Å². The third-order valence-corrected chi connectivity index (χ3v) is 7.13. The van der Waals surface area contributed by atoms with Crippen molar-refractivity contribution in [2.24, 2.45) is 0 Å². The van der Waals surface area contributed by atoms with Gasteiger partial charge in [0.05, 0.1) is 24.7 Å². The lowest BCUT2D eigenvalue weighted by molar-refractivity contribution is -0.697. The van der Waals surface area contributed by atoms with E-state index in [0.717, 1.165) is 66.1 Å². The number of fused-ring (bicyclic) bond motifs is 5. The summed E-state index contributed by atoms with van der Waals surface area (Å²) >= 11 is 0. The van der Waals surface area contributed by atoms with Gasteiger partial charge in [-0.1, -0.05) is 6.07 Å².